The van der Waals surface area contributed by atoms with Gasteiger partial charge in [-0.05, 0) is 32.9 Å². The Kier molecular flexibility index (Phi) is 3.09. The molecule has 0 spiro atoms. The Morgan fingerprint density at radius 1 is 1.50 bits per heavy atom. The molecule has 0 bridgehead atoms. The molecule has 0 radical (unpaired) electrons. The molecule has 0 saturated carbocycles. The summed E-state index contributed by atoms with van der Waals surface area (Å²) in [5.41, 5.74) is 0.0400. The minimum absolute atomic E-state index is 0.0400. The Morgan fingerprint density at radius 2 is 2.08 bits per heavy atom. The summed E-state index contributed by atoms with van der Waals surface area (Å²) in [5.74, 6) is 0.166. The maximum atomic E-state index is 11.2. The van der Waals surface area contributed by atoms with Crippen LogP contribution in [0.3, 0.4) is 0 Å². The Balaban J connectivity index is 2.41. The number of carbonyl (C=O) groups excluding carboxylic acids is 1. The van der Waals surface area contributed by atoms with Crippen LogP contribution in [0.2, 0.25) is 0 Å². The van der Waals surface area contributed by atoms with E-state index in [0.29, 0.717) is 6.42 Å². The summed E-state index contributed by atoms with van der Waals surface area (Å²) in [6, 6.07) is 0. The molecule has 1 fully saturated rings. The summed E-state index contributed by atoms with van der Waals surface area (Å²) in [6.07, 6.45) is 2.67. The first-order valence-electron chi connectivity index (χ1n) is 4.68. The van der Waals surface area contributed by atoms with Crippen molar-refractivity contribution in [3.63, 3.8) is 0 Å². The van der Waals surface area contributed by atoms with E-state index in [2.05, 4.69) is 17.6 Å². The van der Waals surface area contributed by atoms with Crippen molar-refractivity contribution in [3.05, 3.63) is 0 Å². The van der Waals surface area contributed by atoms with Gasteiger partial charge in [0.1, 0.15) is 0 Å². The summed E-state index contributed by atoms with van der Waals surface area (Å²) >= 11 is 0. The number of nitrogens with one attached hydrogen (secondary N) is 2. The van der Waals surface area contributed by atoms with Gasteiger partial charge in [-0.15, -0.1) is 0 Å². The van der Waals surface area contributed by atoms with Crippen molar-refractivity contribution >= 4 is 5.91 Å². The summed E-state index contributed by atoms with van der Waals surface area (Å²) in [4.78, 5) is 11.2. The van der Waals surface area contributed by atoms with E-state index < -0.39 is 0 Å². The fourth-order valence-electron chi connectivity index (χ4n) is 1.53. The Morgan fingerprint density at radius 3 is 2.58 bits per heavy atom. The first-order valence-corrected chi connectivity index (χ1v) is 4.68. The van der Waals surface area contributed by atoms with Crippen LogP contribution in [0, 0.1) is 0 Å². The van der Waals surface area contributed by atoms with Crippen LogP contribution in [0.15, 0.2) is 0 Å². The molecular formula is C9H18N2O. The van der Waals surface area contributed by atoms with E-state index in [9.17, 15) is 4.79 Å². The molecule has 0 unspecified atom stereocenters. The highest BCUT2D eigenvalue weighted by molar-refractivity contribution is 5.76. The van der Waals surface area contributed by atoms with Gasteiger partial charge in [0.05, 0.1) is 0 Å². The van der Waals surface area contributed by atoms with Crippen LogP contribution < -0.4 is 10.6 Å². The molecule has 1 heterocycles. The lowest BCUT2D eigenvalue weighted by Crippen LogP contribution is -2.52. The van der Waals surface area contributed by atoms with Gasteiger partial charge in [-0.1, -0.05) is 6.92 Å². The lowest BCUT2D eigenvalue weighted by atomic mass is 9.90. The summed E-state index contributed by atoms with van der Waals surface area (Å²) < 4.78 is 0. The number of amides is 1. The third kappa shape index (κ3) is 2.48. The predicted molar refractivity (Wildman–Crippen MR) is 48.9 cm³/mol. The Hall–Kier alpha value is -0.570. The smallest absolute Gasteiger partial charge is 0.220 e. The highest BCUT2D eigenvalue weighted by atomic mass is 16.1. The van der Waals surface area contributed by atoms with Gasteiger partial charge in [0.25, 0.3) is 0 Å². The molecular weight excluding hydrogens is 152 g/mol. The van der Waals surface area contributed by atoms with Gasteiger partial charge in [-0.2, -0.15) is 0 Å². The zero-order valence-corrected chi connectivity index (χ0v) is 7.94. The van der Waals surface area contributed by atoms with Gasteiger partial charge in [0, 0.05) is 12.0 Å². The number of rotatable bonds is 2. The first kappa shape index (κ1) is 9.52. The third-order valence-electron chi connectivity index (χ3n) is 2.47. The van der Waals surface area contributed by atoms with Crippen LogP contribution in [-0.4, -0.2) is 24.5 Å². The van der Waals surface area contributed by atoms with E-state index in [1.54, 1.807) is 0 Å². The standard InChI is InChI=1S/C9H18N2O/c1-3-8(12)11-9(2)4-6-10-7-5-9/h10H,3-7H2,1-2H3,(H,11,12). The highest BCUT2D eigenvalue weighted by Crippen LogP contribution is 2.16. The molecule has 0 aromatic heterocycles. The predicted octanol–water partition coefficient (Wildman–Crippen LogP) is 0.655. The largest absolute Gasteiger partial charge is 0.351 e. The van der Waals surface area contributed by atoms with Crippen LogP contribution >= 0.6 is 0 Å². The van der Waals surface area contributed by atoms with E-state index in [1.165, 1.54) is 0 Å². The first-order chi connectivity index (χ1) is 5.66. The topological polar surface area (TPSA) is 41.1 Å². The molecule has 1 saturated heterocycles. The van der Waals surface area contributed by atoms with Gasteiger partial charge in [0.15, 0.2) is 0 Å². The summed E-state index contributed by atoms with van der Waals surface area (Å²) in [7, 11) is 0. The zero-order valence-electron chi connectivity index (χ0n) is 7.94. The van der Waals surface area contributed by atoms with Crippen LogP contribution in [0.25, 0.3) is 0 Å². The number of hydrogen-bond acceptors (Lipinski definition) is 2. The van der Waals surface area contributed by atoms with Crippen LogP contribution in [0.1, 0.15) is 33.1 Å². The zero-order chi connectivity index (χ0) is 9.03. The van der Waals surface area contributed by atoms with Crippen molar-refractivity contribution < 1.29 is 4.79 Å². The van der Waals surface area contributed by atoms with Gasteiger partial charge >= 0.3 is 0 Å². The molecule has 70 valence electrons. The van der Waals surface area contributed by atoms with Crippen molar-refractivity contribution in [1.82, 2.24) is 10.6 Å². The molecule has 12 heavy (non-hydrogen) atoms. The van der Waals surface area contributed by atoms with Gasteiger partial charge in [-0.25, -0.2) is 0 Å². The van der Waals surface area contributed by atoms with E-state index in [4.69, 9.17) is 0 Å². The second kappa shape index (κ2) is 3.90. The second-order valence-corrected chi connectivity index (χ2v) is 3.71. The van der Waals surface area contributed by atoms with Gasteiger partial charge < -0.3 is 10.6 Å². The lowest BCUT2D eigenvalue weighted by molar-refractivity contribution is -0.122. The minimum atomic E-state index is 0.0400. The molecule has 1 aliphatic heterocycles. The molecule has 2 N–H and O–H groups in total. The molecule has 3 nitrogen and oxygen atoms in total. The Labute approximate surface area is 73.9 Å². The number of carbonyl (C=O) groups is 1. The molecule has 0 aromatic carbocycles. The number of hydrogen-bond donors (Lipinski definition) is 2. The van der Waals surface area contributed by atoms with E-state index >= 15 is 0 Å². The maximum absolute atomic E-state index is 11.2. The highest BCUT2D eigenvalue weighted by Gasteiger charge is 2.27. The quantitative estimate of drug-likeness (QED) is 0.639. The molecule has 0 aliphatic carbocycles. The lowest BCUT2D eigenvalue weighted by Gasteiger charge is -2.34. The molecule has 1 amide bonds. The van der Waals surface area contributed by atoms with E-state index in [1.807, 2.05) is 6.92 Å². The van der Waals surface area contributed by atoms with Gasteiger partial charge in [0.2, 0.25) is 5.91 Å². The number of piperidine rings is 1. The third-order valence-corrected chi connectivity index (χ3v) is 2.47. The Bertz CT molecular complexity index is 162. The van der Waals surface area contributed by atoms with Crippen LogP contribution in [-0.2, 0) is 4.79 Å². The van der Waals surface area contributed by atoms with Crippen LogP contribution in [0.4, 0.5) is 0 Å². The monoisotopic (exact) mass is 170 g/mol. The summed E-state index contributed by atoms with van der Waals surface area (Å²) in [6.45, 7) is 6.04. The average Bonchev–Trinajstić information content (AvgIpc) is 2.05. The van der Waals surface area contributed by atoms with Crippen LogP contribution in [0.5, 0.6) is 0 Å². The molecule has 0 aromatic rings. The molecule has 1 rings (SSSR count). The second-order valence-electron chi connectivity index (χ2n) is 3.71. The SMILES string of the molecule is CCC(=O)NC1(C)CCNCC1. The average molecular weight is 170 g/mol. The molecule has 3 heteroatoms. The van der Waals surface area contributed by atoms with Crippen molar-refractivity contribution in [3.8, 4) is 0 Å². The molecule has 1 aliphatic rings. The van der Waals surface area contributed by atoms with Crippen molar-refractivity contribution in [2.75, 3.05) is 13.1 Å². The maximum Gasteiger partial charge on any atom is 0.220 e. The van der Waals surface area contributed by atoms with Gasteiger partial charge in [-0.3, -0.25) is 4.79 Å². The van der Waals surface area contributed by atoms with Crippen molar-refractivity contribution in [1.29, 1.82) is 0 Å². The van der Waals surface area contributed by atoms with Crippen molar-refractivity contribution in [2.24, 2.45) is 0 Å². The van der Waals surface area contributed by atoms with E-state index in [-0.39, 0.29) is 11.4 Å². The van der Waals surface area contributed by atoms with Crippen molar-refractivity contribution in [2.45, 2.75) is 38.6 Å². The normalized spacial score (nSPS) is 21.8. The minimum Gasteiger partial charge on any atom is -0.351 e. The fourth-order valence-corrected chi connectivity index (χ4v) is 1.53. The molecule has 0 atom stereocenters. The summed E-state index contributed by atoms with van der Waals surface area (Å²) in [5, 5.41) is 6.35. The fraction of sp³-hybridized carbons (Fsp3) is 0.889. The van der Waals surface area contributed by atoms with E-state index in [0.717, 1.165) is 25.9 Å².